The van der Waals surface area contributed by atoms with Crippen LogP contribution in [0.4, 0.5) is 24.5 Å². The molecule has 0 saturated heterocycles. The van der Waals surface area contributed by atoms with Gasteiger partial charge in [-0.25, -0.2) is 0 Å². The molecular weight excluding hydrogens is 273 g/mol. The topological polar surface area (TPSA) is 58.2 Å². The minimum atomic E-state index is -4.93. The van der Waals surface area contributed by atoms with E-state index in [1.165, 1.54) is 24.3 Å². The van der Waals surface area contributed by atoms with Gasteiger partial charge in [0.1, 0.15) is 0 Å². The number of carbonyl (C=O) groups is 2. The molecule has 4 nitrogen and oxygen atoms in total. The van der Waals surface area contributed by atoms with Crippen LogP contribution >= 0.6 is 0 Å². The van der Waals surface area contributed by atoms with Crippen molar-refractivity contribution in [2.24, 2.45) is 5.41 Å². The molecule has 0 fully saturated rings. The summed E-state index contributed by atoms with van der Waals surface area (Å²) in [6, 6.07) is 5.38. The van der Waals surface area contributed by atoms with Crippen molar-refractivity contribution >= 4 is 23.2 Å². The molecule has 0 unspecified atom stereocenters. The van der Waals surface area contributed by atoms with Gasteiger partial charge in [-0.1, -0.05) is 20.8 Å². The van der Waals surface area contributed by atoms with Crippen molar-refractivity contribution in [1.82, 2.24) is 0 Å². The highest BCUT2D eigenvalue weighted by Crippen LogP contribution is 2.21. The molecule has 0 aliphatic rings. The maximum absolute atomic E-state index is 12.0. The van der Waals surface area contributed by atoms with E-state index in [9.17, 15) is 22.8 Å². The minimum Gasteiger partial charge on any atom is -0.326 e. The highest BCUT2D eigenvalue weighted by atomic mass is 19.4. The van der Waals surface area contributed by atoms with E-state index in [0.29, 0.717) is 5.69 Å². The van der Waals surface area contributed by atoms with Gasteiger partial charge in [0.25, 0.3) is 0 Å². The number of anilines is 2. The highest BCUT2D eigenvalue weighted by molar-refractivity contribution is 5.96. The molecule has 0 aromatic heterocycles. The Morgan fingerprint density at radius 2 is 1.20 bits per heavy atom. The molecule has 0 saturated carbocycles. The zero-order valence-corrected chi connectivity index (χ0v) is 11.3. The van der Waals surface area contributed by atoms with Crippen LogP contribution in [-0.4, -0.2) is 18.0 Å². The van der Waals surface area contributed by atoms with Gasteiger partial charge in [0, 0.05) is 16.8 Å². The van der Waals surface area contributed by atoms with Gasteiger partial charge in [-0.05, 0) is 24.3 Å². The first-order valence-electron chi connectivity index (χ1n) is 5.80. The smallest absolute Gasteiger partial charge is 0.326 e. The van der Waals surface area contributed by atoms with Crippen molar-refractivity contribution in [3.8, 4) is 0 Å². The van der Waals surface area contributed by atoms with E-state index in [0.717, 1.165) is 0 Å². The van der Waals surface area contributed by atoms with Crippen LogP contribution in [0.2, 0.25) is 0 Å². The Bertz CT molecular complexity index is 455. The van der Waals surface area contributed by atoms with E-state index < -0.39 is 17.5 Å². The Morgan fingerprint density at radius 1 is 0.850 bits per heavy atom. The summed E-state index contributed by atoms with van der Waals surface area (Å²) in [6.07, 6.45) is -4.93. The zero-order valence-electron chi connectivity index (χ0n) is 11.3. The number of halogens is 3. The number of nitrogens with one attached hydrogen (secondary N) is 2. The second-order valence-corrected chi connectivity index (χ2v) is 5.23. The summed E-state index contributed by atoms with van der Waals surface area (Å²) in [5.41, 5.74) is -0.139. The van der Waals surface area contributed by atoms with Gasteiger partial charge < -0.3 is 10.6 Å². The van der Waals surface area contributed by atoms with Crippen molar-refractivity contribution in [1.29, 1.82) is 0 Å². The number of benzene rings is 1. The Balaban J connectivity index is 2.71. The third-order valence-electron chi connectivity index (χ3n) is 2.34. The average molecular weight is 288 g/mol. The van der Waals surface area contributed by atoms with Crippen LogP contribution in [0.1, 0.15) is 20.8 Å². The van der Waals surface area contributed by atoms with Crippen LogP contribution in [0.15, 0.2) is 24.3 Å². The molecule has 0 bridgehead atoms. The van der Waals surface area contributed by atoms with E-state index in [4.69, 9.17) is 0 Å². The molecular formula is C13H15F3N2O2. The lowest BCUT2D eigenvalue weighted by Crippen LogP contribution is -2.30. The number of rotatable bonds is 2. The second-order valence-electron chi connectivity index (χ2n) is 5.23. The number of hydrogen-bond donors (Lipinski definition) is 2. The fourth-order valence-electron chi connectivity index (χ4n) is 1.16. The van der Waals surface area contributed by atoms with Gasteiger partial charge in [0.05, 0.1) is 0 Å². The molecule has 0 atom stereocenters. The number of alkyl halides is 3. The average Bonchev–Trinajstić information content (AvgIpc) is 2.29. The molecule has 2 N–H and O–H groups in total. The van der Waals surface area contributed by atoms with E-state index in [2.05, 4.69) is 5.32 Å². The Hall–Kier alpha value is -2.05. The van der Waals surface area contributed by atoms with Crippen molar-refractivity contribution in [2.45, 2.75) is 26.9 Å². The van der Waals surface area contributed by atoms with Gasteiger partial charge in [0.2, 0.25) is 5.91 Å². The molecule has 0 spiro atoms. The van der Waals surface area contributed by atoms with Gasteiger partial charge in [-0.2, -0.15) is 13.2 Å². The van der Waals surface area contributed by atoms with Crippen LogP contribution in [0.5, 0.6) is 0 Å². The number of amides is 2. The number of hydrogen-bond acceptors (Lipinski definition) is 2. The van der Waals surface area contributed by atoms with Gasteiger partial charge >= 0.3 is 12.1 Å². The molecule has 0 aliphatic heterocycles. The monoisotopic (exact) mass is 288 g/mol. The summed E-state index contributed by atoms with van der Waals surface area (Å²) < 4.78 is 36.1. The lowest BCUT2D eigenvalue weighted by molar-refractivity contribution is -0.167. The van der Waals surface area contributed by atoms with E-state index in [1.807, 2.05) is 0 Å². The molecule has 1 aromatic rings. The summed E-state index contributed by atoms with van der Waals surface area (Å²) in [4.78, 5) is 22.4. The quantitative estimate of drug-likeness (QED) is 0.878. The molecule has 20 heavy (non-hydrogen) atoms. The summed E-state index contributed by atoms with van der Waals surface area (Å²) in [7, 11) is 0. The predicted molar refractivity (Wildman–Crippen MR) is 69.2 cm³/mol. The lowest BCUT2D eigenvalue weighted by Gasteiger charge is -2.17. The predicted octanol–water partition coefficient (Wildman–Crippen LogP) is 3.17. The molecule has 2 amide bonds. The maximum Gasteiger partial charge on any atom is 0.471 e. The molecule has 7 heteroatoms. The molecule has 0 radical (unpaired) electrons. The SMILES string of the molecule is CC(C)(C)C(=O)Nc1ccc(NC(=O)C(F)(F)F)cc1. The summed E-state index contributed by atoms with van der Waals surface area (Å²) in [6.45, 7) is 5.21. The minimum absolute atomic E-state index is 0.00100. The lowest BCUT2D eigenvalue weighted by atomic mass is 9.95. The van der Waals surface area contributed by atoms with Gasteiger partial charge in [-0.15, -0.1) is 0 Å². The van der Waals surface area contributed by atoms with E-state index >= 15 is 0 Å². The first-order chi connectivity index (χ1) is 9.00. The summed E-state index contributed by atoms with van der Waals surface area (Å²) in [5.74, 6) is -2.26. The van der Waals surface area contributed by atoms with E-state index in [-0.39, 0.29) is 11.6 Å². The molecule has 110 valence electrons. The van der Waals surface area contributed by atoms with E-state index in [1.54, 1.807) is 26.1 Å². The van der Waals surface area contributed by atoms with Gasteiger partial charge in [-0.3, -0.25) is 9.59 Å². The third kappa shape index (κ3) is 4.56. The Kier molecular flexibility index (Phi) is 4.42. The Morgan fingerprint density at radius 3 is 1.50 bits per heavy atom. The standard InChI is InChI=1S/C13H15F3N2O2/c1-12(2,3)10(19)17-8-4-6-9(7-5-8)18-11(20)13(14,15)16/h4-7H,1-3H3,(H,17,19)(H,18,20). The summed E-state index contributed by atoms with van der Waals surface area (Å²) in [5, 5.41) is 4.33. The highest BCUT2D eigenvalue weighted by Gasteiger charge is 2.38. The van der Waals surface area contributed by atoms with Crippen LogP contribution in [-0.2, 0) is 9.59 Å². The fourth-order valence-corrected chi connectivity index (χ4v) is 1.16. The van der Waals surface area contributed by atoms with Crippen molar-refractivity contribution in [3.63, 3.8) is 0 Å². The van der Waals surface area contributed by atoms with Crippen LogP contribution < -0.4 is 10.6 Å². The van der Waals surface area contributed by atoms with Crippen molar-refractivity contribution in [3.05, 3.63) is 24.3 Å². The normalized spacial score (nSPS) is 11.9. The second kappa shape index (κ2) is 5.52. The molecule has 1 rings (SSSR count). The van der Waals surface area contributed by atoms with Crippen molar-refractivity contribution in [2.75, 3.05) is 10.6 Å². The van der Waals surface area contributed by atoms with Crippen molar-refractivity contribution < 1.29 is 22.8 Å². The molecule has 1 aromatic carbocycles. The first kappa shape index (κ1) is 16.0. The van der Waals surface area contributed by atoms with Gasteiger partial charge in [0.15, 0.2) is 0 Å². The molecule has 0 heterocycles. The zero-order chi connectivity index (χ0) is 15.6. The van der Waals surface area contributed by atoms with Crippen LogP contribution in [0.3, 0.4) is 0 Å². The fraction of sp³-hybridized carbons (Fsp3) is 0.385. The Labute approximate surface area is 114 Å². The third-order valence-corrected chi connectivity index (χ3v) is 2.34. The van der Waals surface area contributed by atoms with Crippen LogP contribution in [0, 0.1) is 5.41 Å². The number of carbonyl (C=O) groups excluding carboxylic acids is 2. The summed E-state index contributed by atoms with van der Waals surface area (Å²) >= 11 is 0. The van der Waals surface area contributed by atoms with Crippen LogP contribution in [0.25, 0.3) is 0 Å². The first-order valence-corrected chi connectivity index (χ1v) is 5.80. The largest absolute Gasteiger partial charge is 0.471 e. The molecule has 0 aliphatic carbocycles. The maximum atomic E-state index is 12.0.